The molecule has 8 heteroatoms. The third-order valence-electron chi connectivity index (χ3n) is 7.70. The standard InChI is InChI=1S/C27H25N7O/c1-16(18-7-4-5-17(13-18)15-28)22-21-24(33-32-22)30-26(31-25(21)35)34-11-9-27(10-12-34)14-19-6-2-3-8-20(19)23(27)29/h2-8,13,23H,1,9-12,14,29H2,(H2,30,31,32,33,35)/t23-/m1/s1. The average molecular weight is 464 g/mol. The predicted molar refractivity (Wildman–Crippen MR) is 135 cm³/mol. The zero-order valence-electron chi connectivity index (χ0n) is 19.2. The van der Waals surface area contributed by atoms with Gasteiger partial charge in [0, 0.05) is 24.7 Å². The number of anilines is 1. The highest BCUT2D eigenvalue weighted by molar-refractivity contribution is 5.92. The quantitative estimate of drug-likeness (QED) is 0.427. The summed E-state index contributed by atoms with van der Waals surface area (Å²) >= 11 is 0. The topological polar surface area (TPSA) is 127 Å². The summed E-state index contributed by atoms with van der Waals surface area (Å²) in [5.74, 6) is 0.525. The third kappa shape index (κ3) is 3.35. The summed E-state index contributed by atoms with van der Waals surface area (Å²) in [5.41, 5.74) is 11.8. The van der Waals surface area contributed by atoms with E-state index in [1.807, 2.05) is 6.07 Å². The SMILES string of the molecule is C=C(c1cccc(C#N)c1)c1[nH]nc2nc(N3CCC4(CC3)Cc3ccccc3[C@H]4N)[nH]c(=O)c12. The Morgan fingerprint density at radius 3 is 2.77 bits per heavy atom. The van der Waals surface area contributed by atoms with E-state index in [1.165, 1.54) is 11.1 Å². The van der Waals surface area contributed by atoms with Gasteiger partial charge in [0.1, 0.15) is 5.39 Å². The van der Waals surface area contributed by atoms with E-state index in [1.54, 1.807) is 18.2 Å². The Bertz CT molecular complexity index is 1570. The zero-order valence-corrected chi connectivity index (χ0v) is 19.2. The van der Waals surface area contributed by atoms with Crippen LogP contribution in [-0.2, 0) is 6.42 Å². The number of hydrogen-bond donors (Lipinski definition) is 3. The van der Waals surface area contributed by atoms with Crippen molar-refractivity contribution in [3.05, 3.63) is 93.4 Å². The van der Waals surface area contributed by atoms with Crippen LogP contribution in [0.4, 0.5) is 5.95 Å². The Hall–Kier alpha value is -4.22. The second-order valence-electron chi connectivity index (χ2n) is 9.56. The predicted octanol–water partition coefficient (Wildman–Crippen LogP) is 3.42. The van der Waals surface area contributed by atoms with Crippen LogP contribution < -0.4 is 16.2 Å². The number of aromatic amines is 2. The summed E-state index contributed by atoms with van der Waals surface area (Å²) < 4.78 is 0. The monoisotopic (exact) mass is 463 g/mol. The number of benzene rings is 2. The summed E-state index contributed by atoms with van der Waals surface area (Å²) in [5, 5.41) is 16.8. The highest BCUT2D eigenvalue weighted by Crippen LogP contribution is 2.50. The first-order valence-corrected chi connectivity index (χ1v) is 11.8. The molecular weight excluding hydrogens is 438 g/mol. The molecule has 2 aliphatic rings. The molecule has 1 fully saturated rings. The summed E-state index contributed by atoms with van der Waals surface area (Å²) in [7, 11) is 0. The fourth-order valence-electron chi connectivity index (χ4n) is 5.68. The number of nitrogens with one attached hydrogen (secondary N) is 2. The van der Waals surface area contributed by atoms with Crippen LogP contribution in [0.25, 0.3) is 16.6 Å². The van der Waals surface area contributed by atoms with Crippen molar-refractivity contribution in [1.82, 2.24) is 20.2 Å². The number of nitrogens with zero attached hydrogens (tertiary/aromatic N) is 4. The first-order chi connectivity index (χ1) is 17.0. The van der Waals surface area contributed by atoms with Gasteiger partial charge in [-0.2, -0.15) is 15.3 Å². The van der Waals surface area contributed by atoms with Crippen LogP contribution in [0.2, 0.25) is 0 Å². The lowest BCUT2D eigenvalue weighted by Crippen LogP contribution is -2.45. The Morgan fingerprint density at radius 2 is 2.00 bits per heavy atom. The van der Waals surface area contributed by atoms with Crippen molar-refractivity contribution in [2.24, 2.45) is 11.1 Å². The molecule has 2 aromatic heterocycles. The summed E-state index contributed by atoms with van der Waals surface area (Å²) in [6.07, 6.45) is 2.86. The molecule has 1 saturated heterocycles. The van der Waals surface area contributed by atoms with Gasteiger partial charge in [0.05, 0.1) is 17.3 Å². The van der Waals surface area contributed by atoms with Crippen LogP contribution in [0.3, 0.4) is 0 Å². The molecule has 0 saturated carbocycles. The second kappa shape index (κ2) is 7.93. The van der Waals surface area contributed by atoms with E-state index >= 15 is 0 Å². The molecule has 2 aromatic carbocycles. The molecule has 0 unspecified atom stereocenters. The highest BCUT2D eigenvalue weighted by Gasteiger charge is 2.46. The van der Waals surface area contributed by atoms with Crippen molar-refractivity contribution in [3.8, 4) is 6.07 Å². The number of H-pyrrole nitrogens is 2. The van der Waals surface area contributed by atoms with Crippen LogP contribution >= 0.6 is 0 Å². The first kappa shape index (κ1) is 21.3. The maximum atomic E-state index is 13.1. The number of aromatic nitrogens is 4. The minimum Gasteiger partial charge on any atom is -0.342 e. The normalized spacial score (nSPS) is 18.5. The van der Waals surface area contributed by atoms with Gasteiger partial charge >= 0.3 is 0 Å². The molecule has 8 nitrogen and oxygen atoms in total. The fraction of sp³-hybridized carbons (Fsp3) is 0.259. The van der Waals surface area contributed by atoms with Crippen molar-refractivity contribution in [1.29, 1.82) is 5.26 Å². The van der Waals surface area contributed by atoms with E-state index in [2.05, 4.69) is 62.0 Å². The van der Waals surface area contributed by atoms with Gasteiger partial charge in [0.15, 0.2) is 5.65 Å². The minimum atomic E-state index is -0.267. The van der Waals surface area contributed by atoms with Gasteiger partial charge in [0.25, 0.3) is 5.56 Å². The van der Waals surface area contributed by atoms with Gasteiger partial charge in [-0.3, -0.25) is 14.9 Å². The Kier molecular flexibility index (Phi) is 4.83. The molecule has 1 atom stereocenters. The molecule has 0 bridgehead atoms. The number of nitrogens with two attached hydrogens (primary N) is 1. The molecule has 6 rings (SSSR count). The van der Waals surface area contributed by atoms with E-state index in [4.69, 9.17) is 5.73 Å². The molecule has 0 amide bonds. The van der Waals surface area contributed by atoms with Crippen LogP contribution in [0, 0.1) is 16.7 Å². The molecule has 174 valence electrons. The van der Waals surface area contributed by atoms with Crippen molar-refractivity contribution in [3.63, 3.8) is 0 Å². The maximum absolute atomic E-state index is 13.1. The van der Waals surface area contributed by atoms with Crippen molar-refractivity contribution >= 4 is 22.6 Å². The van der Waals surface area contributed by atoms with Crippen LogP contribution in [0.5, 0.6) is 0 Å². The van der Waals surface area contributed by atoms with Crippen molar-refractivity contribution in [2.45, 2.75) is 25.3 Å². The van der Waals surface area contributed by atoms with Crippen molar-refractivity contribution in [2.75, 3.05) is 18.0 Å². The molecule has 1 aliphatic carbocycles. The van der Waals surface area contributed by atoms with E-state index in [0.29, 0.717) is 33.8 Å². The molecule has 0 radical (unpaired) electrons. The fourth-order valence-corrected chi connectivity index (χ4v) is 5.68. The Morgan fingerprint density at radius 1 is 1.20 bits per heavy atom. The largest absolute Gasteiger partial charge is 0.342 e. The number of piperidine rings is 1. The van der Waals surface area contributed by atoms with Crippen LogP contribution in [0.15, 0.2) is 59.9 Å². The van der Waals surface area contributed by atoms with Gasteiger partial charge < -0.3 is 10.6 Å². The lowest BCUT2D eigenvalue weighted by molar-refractivity contribution is 0.187. The molecule has 3 heterocycles. The van der Waals surface area contributed by atoms with Crippen LogP contribution in [-0.4, -0.2) is 33.3 Å². The molecule has 4 aromatic rings. The molecule has 1 aliphatic heterocycles. The Labute approximate surface area is 202 Å². The molecule has 4 N–H and O–H groups in total. The summed E-state index contributed by atoms with van der Waals surface area (Å²) in [4.78, 5) is 22.9. The highest BCUT2D eigenvalue weighted by atomic mass is 16.1. The zero-order chi connectivity index (χ0) is 24.2. The van der Waals surface area contributed by atoms with Crippen molar-refractivity contribution < 1.29 is 0 Å². The molecule has 1 spiro atoms. The van der Waals surface area contributed by atoms with Gasteiger partial charge in [0.2, 0.25) is 5.95 Å². The lowest BCUT2D eigenvalue weighted by atomic mass is 9.73. The van der Waals surface area contributed by atoms with E-state index < -0.39 is 0 Å². The first-order valence-electron chi connectivity index (χ1n) is 11.8. The lowest BCUT2D eigenvalue weighted by Gasteiger charge is -2.42. The third-order valence-corrected chi connectivity index (χ3v) is 7.70. The van der Waals surface area contributed by atoms with E-state index in [-0.39, 0.29) is 17.0 Å². The van der Waals surface area contributed by atoms with Gasteiger partial charge in [-0.1, -0.05) is 43.0 Å². The van der Waals surface area contributed by atoms with Gasteiger partial charge in [-0.15, -0.1) is 0 Å². The number of rotatable bonds is 3. The maximum Gasteiger partial charge on any atom is 0.264 e. The summed E-state index contributed by atoms with van der Waals surface area (Å²) in [6.45, 7) is 5.66. The number of fused-ring (bicyclic) bond motifs is 2. The average Bonchev–Trinajstić information content (AvgIpc) is 3.44. The number of nitriles is 1. The van der Waals surface area contributed by atoms with Crippen LogP contribution in [0.1, 0.15) is 46.8 Å². The molecular formula is C27H25N7O. The summed E-state index contributed by atoms with van der Waals surface area (Å²) in [6, 6.07) is 17.7. The van der Waals surface area contributed by atoms with E-state index in [9.17, 15) is 10.1 Å². The smallest absolute Gasteiger partial charge is 0.264 e. The Balaban J connectivity index is 1.26. The van der Waals surface area contributed by atoms with Gasteiger partial charge in [-0.25, -0.2) is 0 Å². The molecule has 35 heavy (non-hydrogen) atoms. The second-order valence-corrected chi connectivity index (χ2v) is 9.56. The van der Waals surface area contributed by atoms with E-state index in [0.717, 1.165) is 37.9 Å². The van der Waals surface area contributed by atoms with Gasteiger partial charge in [-0.05, 0) is 53.5 Å². The minimum absolute atomic E-state index is 0.0368. The number of hydrogen-bond acceptors (Lipinski definition) is 6.